The number of ether oxygens (including phenoxy) is 1. The molecule has 0 aliphatic carbocycles. The fraction of sp³-hybridized carbons (Fsp3) is 0.364. The molecule has 0 fully saturated rings. The number of aryl methyl sites for hydroxylation is 2. The van der Waals surface area contributed by atoms with Gasteiger partial charge in [0, 0.05) is 10.9 Å². The Kier molecular flexibility index (Phi) is 4.14. The van der Waals surface area contributed by atoms with E-state index in [0.717, 1.165) is 27.6 Å². The second-order valence-corrected chi connectivity index (χ2v) is 4.03. The largest absolute Gasteiger partial charge is 0.493 e. The lowest BCUT2D eigenvalue weighted by molar-refractivity contribution is -0.108. The van der Waals surface area contributed by atoms with Crippen molar-refractivity contribution in [3.63, 3.8) is 0 Å². The van der Waals surface area contributed by atoms with Crippen LogP contribution in [0.1, 0.15) is 17.5 Å². The van der Waals surface area contributed by atoms with Crippen LogP contribution in [0, 0.1) is 13.8 Å². The second-order valence-electron chi connectivity index (χ2n) is 3.17. The molecule has 0 unspecified atom stereocenters. The Morgan fingerprint density at radius 3 is 2.71 bits per heavy atom. The van der Waals surface area contributed by atoms with E-state index in [-0.39, 0.29) is 0 Å². The average Bonchev–Trinajstić information content (AvgIpc) is 2.14. The molecule has 0 aromatic heterocycles. The predicted octanol–water partition coefficient (Wildman–Crippen LogP) is 3.03. The van der Waals surface area contributed by atoms with Gasteiger partial charge >= 0.3 is 0 Å². The minimum Gasteiger partial charge on any atom is -0.493 e. The molecule has 1 aromatic carbocycles. The molecule has 3 heteroatoms. The number of halogens is 1. The molecular formula is C11H13BrO2. The minimum absolute atomic E-state index is 0.439. The number of carbonyl (C=O) groups excluding carboxylic acids is 1. The fourth-order valence-corrected chi connectivity index (χ4v) is 1.58. The molecule has 0 amide bonds. The summed E-state index contributed by atoms with van der Waals surface area (Å²) in [6.07, 6.45) is 1.30. The van der Waals surface area contributed by atoms with Crippen molar-refractivity contribution in [1.29, 1.82) is 0 Å². The summed E-state index contributed by atoms with van der Waals surface area (Å²) in [5.41, 5.74) is 2.21. The Morgan fingerprint density at radius 2 is 2.07 bits per heavy atom. The van der Waals surface area contributed by atoms with Crippen LogP contribution in [0.5, 0.6) is 5.75 Å². The van der Waals surface area contributed by atoms with Crippen LogP contribution in [0.2, 0.25) is 0 Å². The highest BCUT2D eigenvalue weighted by atomic mass is 79.9. The van der Waals surface area contributed by atoms with E-state index in [1.54, 1.807) is 0 Å². The number of rotatable bonds is 4. The normalized spacial score (nSPS) is 9.93. The topological polar surface area (TPSA) is 26.3 Å². The highest BCUT2D eigenvalue weighted by molar-refractivity contribution is 9.10. The smallest absolute Gasteiger partial charge is 0.123 e. The first-order valence-electron chi connectivity index (χ1n) is 4.48. The van der Waals surface area contributed by atoms with E-state index in [4.69, 9.17) is 4.74 Å². The van der Waals surface area contributed by atoms with E-state index < -0.39 is 0 Å². The van der Waals surface area contributed by atoms with Crippen molar-refractivity contribution in [3.8, 4) is 5.75 Å². The third-order valence-corrected chi connectivity index (χ3v) is 2.80. The minimum atomic E-state index is 0.439. The molecule has 76 valence electrons. The highest BCUT2D eigenvalue weighted by Crippen LogP contribution is 2.26. The van der Waals surface area contributed by atoms with Gasteiger partial charge in [-0.25, -0.2) is 0 Å². The first-order chi connectivity index (χ1) is 6.65. The molecule has 0 saturated heterocycles. The lowest BCUT2D eigenvalue weighted by atomic mass is 10.1. The standard InChI is InChI=1S/C11H13BrO2/c1-8-7-11(14-5-3-4-13)9(2)6-10(8)12/h4,6-7H,3,5H2,1-2H3. The van der Waals surface area contributed by atoms with Crippen molar-refractivity contribution in [2.45, 2.75) is 20.3 Å². The summed E-state index contributed by atoms with van der Waals surface area (Å²) in [6, 6.07) is 4.00. The molecule has 14 heavy (non-hydrogen) atoms. The number of aldehydes is 1. The zero-order valence-corrected chi connectivity index (χ0v) is 9.93. The maximum Gasteiger partial charge on any atom is 0.123 e. The van der Waals surface area contributed by atoms with Crippen molar-refractivity contribution in [2.75, 3.05) is 6.61 Å². The van der Waals surface area contributed by atoms with Gasteiger partial charge in [0.1, 0.15) is 12.0 Å². The molecule has 0 bridgehead atoms. The zero-order valence-electron chi connectivity index (χ0n) is 8.34. The monoisotopic (exact) mass is 256 g/mol. The molecule has 0 aliphatic heterocycles. The highest BCUT2D eigenvalue weighted by Gasteiger charge is 2.03. The molecule has 0 heterocycles. The van der Waals surface area contributed by atoms with E-state index in [1.165, 1.54) is 0 Å². The SMILES string of the molecule is Cc1cc(OCCC=O)c(C)cc1Br. The van der Waals surface area contributed by atoms with Gasteiger partial charge in [0.25, 0.3) is 0 Å². The number of benzene rings is 1. The molecule has 0 radical (unpaired) electrons. The Hall–Kier alpha value is -0.830. The molecule has 0 saturated carbocycles. The van der Waals surface area contributed by atoms with Gasteiger partial charge in [-0.05, 0) is 37.1 Å². The maximum absolute atomic E-state index is 10.1. The Balaban J connectivity index is 2.76. The summed E-state index contributed by atoms with van der Waals surface area (Å²) in [7, 11) is 0. The first kappa shape index (κ1) is 11.2. The van der Waals surface area contributed by atoms with Gasteiger partial charge in [0.05, 0.1) is 6.61 Å². The van der Waals surface area contributed by atoms with Gasteiger partial charge in [-0.15, -0.1) is 0 Å². The van der Waals surface area contributed by atoms with E-state index in [0.29, 0.717) is 13.0 Å². The predicted molar refractivity (Wildman–Crippen MR) is 59.8 cm³/mol. The van der Waals surface area contributed by atoms with E-state index >= 15 is 0 Å². The fourth-order valence-electron chi connectivity index (χ4n) is 1.13. The molecule has 0 aliphatic rings. The van der Waals surface area contributed by atoms with Crippen LogP contribution < -0.4 is 4.74 Å². The Morgan fingerprint density at radius 1 is 1.36 bits per heavy atom. The van der Waals surface area contributed by atoms with Gasteiger partial charge in [-0.2, -0.15) is 0 Å². The van der Waals surface area contributed by atoms with Crippen LogP contribution in [0.25, 0.3) is 0 Å². The second kappa shape index (κ2) is 5.15. The summed E-state index contributed by atoms with van der Waals surface area (Å²) in [5, 5.41) is 0. The zero-order chi connectivity index (χ0) is 10.6. The molecule has 0 N–H and O–H groups in total. The lowest BCUT2D eigenvalue weighted by Gasteiger charge is -2.09. The van der Waals surface area contributed by atoms with E-state index in [2.05, 4.69) is 15.9 Å². The van der Waals surface area contributed by atoms with Crippen molar-refractivity contribution in [1.82, 2.24) is 0 Å². The van der Waals surface area contributed by atoms with Gasteiger partial charge in [0.15, 0.2) is 0 Å². The number of hydrogen-bond donors (Lipinski definition) is 0. The van der Waals surface area contributed by atoms with Crippen molar-refractivity contribution < 1.29 is 9.53 Å². The van der Waals surface area contributed by atoms with Crippen LogP contribution in [-0.2, 0) is 4.79 Å². The van der Waals surface area contributed by atoms with Crippen LogP contribution in [0.15, 0.2) is 16.6 Å². The third kappa shape index (κ3) is 2.84. The summed E-state index contributed by atoms with van der Waals surface area (Å²) >= 11 is 3.45. The van der Waals surface area contributed by atoms with Gasteiger partial charge in [0.2, 0.25) is 0 Å². The summed E-state index contributed by atoms with van der Waals surface area (Å²) in [5.74, 6) is 0.854. The number of carbonyl (C=O) groups is 1. The molecule has 2 nitrogen and oxygen atoms in total. The summed E-state index contributed by atoms with van der Waals surface area (Å²) in [4.78, 5) is 10.1. The molecule has 0 atom stereocenters. The third-order valence-electron chi connectivity index (χ3n) is 1.95. The van der Waals surface area contributed by atoms with Crippen LogP contribution in [-0.4, -0.2) is 12.9 Å². The molecule has 1 rings (SSSR count). The summed E-state index contributed by atoms with van der Waals surface area (Å²) in [6.45, 7) is 4.45. The maximum atomic E-state index is 10.1. The van der Waals surface area contributed by atoms with E-state index in [9.17, 15) is 4.79 Å². The average molecular weight is 257 g/mol. The summed E-state index contributed by atoms with van der Waals surface area (Å²) < 4.78 is 6.54. The van der Waals surface area contributed by atoms with E-state index in [1.807, 2.05) is 26.0 Å². The van der Waals surface area contributed by atoms with Gasteiger partial charge < -0.3 is 9.53 Å². The quantitative estimate of drug-likeness (QED) is 0.612. The first-order valence-corrected chi connectivity index (χ1v) is 5.27. The van der Waals surface area contributed by atoms with Gasteiger partial charge in [-0.1, -0.05) is 15.9 Å². The van der Waals surface area contributed by atoms with Gasteiger partial charge in [-0.3, -0.25) is 0 Å². The van der Waals surface area contributed by atoms with Crippen LogP contribution in [0.4, 0.5) is 0 Å². The number of hydrogen-bond acceptors (Lipinski definition) is 2. The van der Waals surface area contributed by atoms with Crippen LogP contribution >= 0.6 is 15.9 Å². The Labute approximate surface area is 92.4 Å². The molecular weight excluding hydrogens is 244 g/mol. The van der Waals surface area contributed by atoms with Crippen LogP contribution in [0.3, 0.4) is 0 Å². The van der Waals surface area contributed by atoms with Crippen molar-refractivity contribution in [3.05, 3.63) is 27.7 Å². The van der Waals surface area contributed by atoms with Crippen molar-refractivity contribution >= 4 is 22.2 Å². The Bertz CT molecular complexity index is 334. The lowest BCUT2D eigenvalue weighted by Crippen LogP contribution is -1.99. The van der Waals surface area contributed by atoms with Crippen molar-refractivity contribution in [2.24, 2.45) is 0 Å². The molecule has 0 spiro atoms. The molecule has 1 aromatic rings.